The predicted octanol–water partition coefficient (Wildman–Crippen LogP) is 3.98. The molecule has 1 aliphatic heterocycles. The van der Waals surface area contributed by atoms with E-state index in [0.29, 0.717) is 23.7 Å². The summed E-state index contributed by atoms with van der Waals surface area (Å²) in [5.41, 5.74) is 0.0449. The molecule has 1 N–H and O–H groups in total. The molecule has 8 nitrogen and oxygen atoms in total. The molecule has 0 atom stereocenters. The Kier molecular flexibility index (Phi) is 7.76. The molecule has 1 aromatic carbocycles. The largest absolute Gasteiger partial charge is 0.493 e. The van der Waals surface area contributed by atoms with E-state index in [0.717, 1.165) is 51.6 Å². The van der Waals surface area contributed by atoms with Crippen LogP contribution in [-0.4, -0.2) is 73.6 Å². The fourth-order valence-electron chi connectivity index (χ4n) is 5.24. The van der Waals surface area contributed by atoms with Crippen molar-refractivity contribution in [2.75, 3.05) is 40.3 Å². The number of piperidine rings is 1. The summed E-state index contributed by atoms with van der Waals surface area (Å²) in [6.07, 6.45) is 8.23. The zero-order chi connectivity index (χ0) is 25.9. The molecule has 198 valence electrons. The number of carbonyl (C=O) groups excluding carboxylic acids is 3. The van der Waals surface area contributed by atoms with Gasteiger partial charge in [-0.25, -0.2) is 9.18 Å². The van der Waals surface area contributed by atoms with E-state index in [1.165, 1.54) is 29.9 Å². The summed E-state index contributed by atoms with van der Waals surface area (Å²) in [6, 6.07) is 4.17. The van der Waals surface area contributed by atoms with Crippen molar-refractivity contribution < 1.29 is 28.2 Å². The zero-order valence-corrected chi connectivity index (χ0v) is 21.6. The van der Waals surface area contributed by atoms with Crippen LogP contribution in [0.3, 0.4) is 0 Å². The highest BCUT2D eigenvalue weighted by Crippen LogP contribution is 2.54. The molecule has 0 bridgehead atoms. The zero-order valence-electron chi connectivity index (χ0n) is 21.6. The van der Waals surface area contributed by atoms with Crippen LogP contribution in [0.5, 0.6) is 5.75 Å². The molecule has 1 saturated heterocycles. The Morgan fingerprint density at radius 3 is 2.44 bits per heavy atom. The molecule has 0 aromatic heterocycles. The first-order valence-electron chi connectivity index (χ1n) is 13.0. The lowest BCUT2D eigenvalue weighted by molar-refractivity contribution is -0.127. The Hall–Kier alpha value is -2.84. The number of rotatable bonds is 9. The van der Waals surface area contributed by atoms with Crippen LogP contribution in [0.15, 0.2) is 18.2 Å². The maximum Gasteiger partial charge on any atom is 0.410 e. The second-order valence-electron chi connectivity index (χ2n) is 11.2. The van der Waals surface area contributed by atoms with Crippen LogP contribution in [0.25, 0.3) is 0 Å². The van der Waals surface area contributed by atoms with E-state index in [4.69, 9.17) is 9.47 Å². The molecule has 4 rings (SSSR count). The lowest BCUT2D eigenvalue weighted by Gasteiger charge is -2.52. The Labute approximate surface area is 212 Å². The molecule has 2 saturated carbocycles. The number of nitrogens with one attached hydrogen (secondary N) is 1. The highest BCUT2D eigenvalue weighted by molar-refractivity contribution is 5.96. The van der Waals surface area contributed by atoms with Crippen LogP contribution >= 0.6 is 0 Å². The molecule has 0 unspecified atom stereocenters. The van der Waals surface area contributed by atoms with Crippen LogP contribution in [-0.2, 0) is 9.53 Å². The number of ether oxygens (including phenoxy) is 2. The van der Waals surface area contributed by atoms with E-state index >= 15 is 0 Å². The number of hydrogen-bond acceptors (Lipinski definition) is 5. The summed E-state index contributed by atoms with van der Waals surface area (Å²) >= 11 is 0. The molecule has 1 aromatic rings. The van der Waals surface area contributed by atoms with E-state index in [2.05, 4.69) is 5.32 Å². The monoisotopic (exact) mass is 503 g/mol. The van der Waals surface area contributed by atoms with Gasteiger partial charge in [-0.05, 0) is 81.8 Å². The van der Waals surface area contributed by atoms with Gasteiger partial charge in [-0.3, -0.25) is 9.59 Å². The van der Waals surface area contributed by atoms with Crippen molar-refractivity contribution in [1.29, 1.82) is 0 Å². The van der Waals surface area contributed by atoms with Crippen LogP contribution < -0.4 is 10.1 Å². The number of halogens is 1. The summed E-state index contributed by atoms with van der Waals surface area (Å²) in [7, 11) is 3.17. The standard InChI is InChI=1S/C27H38FN3O5/c1-26(8-9-26)36-25(34)31-12-10-27(11-13-31)16-19(17-27)5-4-14-35-20-6-7-21(22(28)15-20)24(33)29-18-23(32)30(2)3/h6-7,15,19H,4-5,8-14,16-18H2,1-3H3,(H,29,33). The van der Waals surface area contributed by atoms with E-state index in [1.807, 2.05) is 11.8 Å². The van der Waals surface area contributed by atoms with Crippen molar-refractivity contribution in [3.8, 4) is 5.75 Å². The van der Waals surface area contributed by atoms with Gasteiger partial charge in [-0.15, -0.1) is 0 Å². The van der Waals surface area contributed by atoms with Gasteiger partial charge in [0.2, 0.25) is 5.91 Å². The van der Waals surface area contributed by atoms with E-state index in [1.54, 1.807) is 20.2 Å². The molecule has 0 radical (unpaired) electrons. The number of likely N-dealkylation sites (tertiary alicyclic amines) is 1. The van der Waals surface area contributed by atoms with Crippen LogP contribution in [0, 0.1) is 17.2 Å². The van der Waals surface area contributed by atoms with Crippen LogP contribution in [0.4, 0.5) is 9.18 Å². The van der Waals surface area contributed by atoms with Gasteiger partial charge in [0.25, 0.3) is 5.91 Å². The Morgan fingerprint density at radius 1 is 1.14 bits per heavy atom. The van der Waals surface area contributed by atoms with Crippen molar-refractivity contribution in [2.45, 2.75) is 63.9 Å². The minimum Gasteiger partial charge on any atom is -0.493 e. The molecule has 9 heteroatoms. The topological polar surface area (TPSA) is 88.2 Å². The van der Waals surface area contributed by atoms with E-state index < -0.39 is 11.7 Å². The maximum absolute atomic E-state index is 14.4. The van der Waals surface area contributed by atoms with Gasteiger partial charge < -0.3 is 24.6 Å². The first-order valence-corrected chi connectivity index (χ1v) is 13.0. The summed E-state index contributed by atoms with van der Waals surface area (Å²) in [5, 5.41) is 2.43. The summed E-state index contributed by atoms with van der Waals surface area (Å²) in [5.74, 6) is -0.518. The number of hydrogen-bond donors (Lipinski definition) is 1. The fraction of sp³-hybridized carbons (Fsp3) is 0.667. The normalized spacial score (nSPS) is 19.8. The number of nitrogens with zero attached hydrogens (tertiary/aromatic N) is 2. The quantitative estimate of drug-likeness (QED) is 0.515. The van der Waals surface area contributed by atoms with Gasteiger partial charge in [0.15, 0.2) is 0 Å². The minimum atomic E-state index is -0.676. The number of likely N-dealkylation sites (N-methyl/N-ethyl adjacent to an activating group) is 1. The van der Waals surface area contributed by atoms with Gasteiger partial charge in [-0.1, -0.05) is 0 Å². The highest BCUT2D eigenvalue weighted by atomic mass is 19.1. The molecule has 3 aliphatic rings. The molecular formula is C27H38FN3O5. The second-order valence-corrected chi connectivity index (χ2v) is 11.2. The van der Waals surface area contributed by atoms with Crippen molar-refractivity contribution in [3.63, 3.8) is 0 Å². The van der Waals surface area contributed by atoms with Crippen molar-refractivity contribution in [1.82, 2.24) is 15.1 Å². The molecule has 3 amide bonds. The van der Waals surface area contributed by atoms with Crippen molar-refractivity contribution >= 4 is 17.9 Å². The van der Waals surface area contributed by atoms with Gasteiger partial charge in [0.05, 0.1) is 18.7 Å². The van der Waals surface area contributed by atoms with Crippen LogP contribution in [0.1, 0.15) is 68.6 Å². The SMILES string of the molecule is CN(C)C(=O)CNC(=O)c1ccc(OCCCC2CC3(CCN(C(=O)OC4(C)CC4)CC3)C2)cc1F. The predicted molar refractivity (Wildman–Crippen MR) is 132 cm³/mol. The number of carbonyl (C=O) groups is 3. The third-order valence-electron chi connectivity index (χ3n) is 7.92. The average Bonchev–Trinajstić information content (AvgIpc) is 3.55. The van der Waals surface area contributed by atoms with Crippen molar-refractivity contribution in [3.05, 3.63) is 29.6 Å². The minimum absolute atomic E-state index is 0.116. The highest BCUT2D eigenvalue weighted by Gasteiger charge is 2.47. The Balaban J connectivity index is 1.11. The Morgan fingerprint density at radius 2 is 1.83 bits per heavy atom. The third-order valence-corrected chi connectivity index (χ3v) is 7.92. The molecular weight excluding hydrogens is 465 g/mol. The van der Waals surface area contributed by atoms with Gasteiger partial charge >= 0.3 is 6.09 Å². The first-order chi connectivity index (χ1) is 17.1. The summed E-state index contributed by atoms with van der Waals surface area (Å²) in [4.78, 5) is 39.2. The molecule has 3 fully saturated rings. The van der Waals surface area contributed by atoms with Gasteiger partial charge in [-0.2, -0.15) is 0 Å². The Bertz CT molecular complexity index is 978. The molecule has 1 heterocycles. The molecule has 2 aliphatic carbocycles. The third kappa shape index (κ3) is 6.48. The number of amides is 3. The lowest BCUT2D eigenvalue weighted by atomic mass is 9.56. The molecule has 36 heavy (non-hydrogen) atoms. The van der Waals surface area contributed by atoms with Crippen LogP contribution in [0.2, 0.25) is 0 Å². The summed E-state index contributed by atoms with van der Waals surface area (Å²) < 4.78 is 25.7. The fourth-order valence-corrected chi connectivity index (χ4v) is 5.24. The van der Waals surface area contributed by atoms with E-state index in [-0.39, 0.29) is 29.7 Å². The first kappa shape index (κ1) is 26.2. The van der Waals surface area contributed by atoms with E-state index in [9.17, 15) is 18.8 Å². The smallest absolute Gasteiger partial charge is 0.410 e. The van der Waals surface area contributed by atoms with Gasteiger partial charge in [0, 0.05) is 33.3 Å². The lowest BCUT2D eigenvalue weighted by Crippen LogP contribution is -2.49. The number of benzene rings is 1. The van der Waals surface area contributed by atoms with Crippen molar-refractivity contribution in [2.24, 2.45) is 11.3 Å². The average molecular weight is 504 g/mol. The van der Waals surface area contributed by atoms with Gasteiger partial charge in [0.1, 0.15) is 17.2 Å². The maximum atomic E-state index is 14.4. The summed E-state index contributed by atoms with van der Waals surface area (Å²) in [6.45, 7) is 3.88. The molecule has 1 spiro atoms. The second kappa shape index (κ2) is 10.6.